The van der Waals surface area contributed by atoms with Crippen molar-refractivity contribution in [3.8, 4) is 11.8 Å². The first-order valence-corrected chi connectivity index (χ1v) is 8.33. The van der Waals surface area contributed by atoms with E-state index in [4.69, 9.17) is 18.9 Å². The average Bonchev–Trinajstić information content (AvgIpc) is 2.54. The van der Waals surface area contributed by atoms with Gasteiger partial charge >= 0.3 is 0 Å². The molecule has 1 saturated heterocycles. The quantitative estimate of drug-likeness (QED) is 0.613. The zero-order chi connectivity index (χ0) is 16.4. The minimum atomic E-state index is -0.0275. The van der Waals surface area contributed by atoms with Crippen molar-refractivity contribution < 1.29 is 18.9 Å². The molecule has 0 radical (unpaired) electrons. The Hall–Kier alpha value is -0.600. The Balaban J connectivity index is 2.42. The Bertz CT molecular complexity index is 341. The van der Waals surface area contributed by atoms with Gasteiger partial charge in [-0.25, -0.2) is 0 Å². The van der Waals surface area contributed by atoms with E-state index in [2.05, 4.69) is 25.7 Å². The summed E-state index contributed by atoms with van der Waals surface area (Å²) in [7, 11) is 3.46. The van der Waals surface area contributed by atoms with Crippen LogP contribution in [0, 0.1) is 23.7 Å². The lowest BCUT2D eigenvalue weighted by atomic mass is 9.93. The Labute approximate surface area is 135 Å². The summed E-state index contributed by atoms with van der Waals surface area (Å²) in [5, 5.41) is 0. The maximum absolute atomic E-state index is 5.86. The van der Waals surface area contributed by atoms with Gasteiger partial charge in [-0.2, -0.15) is 0 Å². The largest absolute Gasteiger partial charge is 0.379 e. The van der Waals surface area contributed by atoms with Crippen LogP contribution >= 0.6 is 0 Å². The van der Waals surface area contributed by atoms with Gasteiger partial charge in [0, 0.05) is 26.7 Å². The highest BCUT2D eigenvalue weighted by Crippen LogP contribution is 2.21. The van der Waals surface area contributed by atoms with E-state index in [0.29, 0.717) is 12.5 Å². The summed E-state index contributed by atoms with van der Waals surface area (Å²) in [6.07, 6.45) is 4.20. The van der Waals surface area contributed by atoms with Crippen molar-refractivity contribution in [1.82, 2.24) is 0 Å². The van der Waals surface area contributed by atoms with E-state index in [9.17, 15) is 0 Å². The normalized spacial score (nSPS) is 24.0. The molecule has 4 nitrogen and oxygen atoms in total. The van der Waals surface area contributed by atoms with Crippen molar-refractivity contribution >= 4 is 0 Å². The van der Waals surface area contributed by atoms with Gasteiger partial charge in [0.15, 0.2) is 6.29 Å². The van der Waals surface area contributed by atoms with Gasteiger partial charge in [0.25, 0.3) is 0 Å². The molecule has 128 valence electrons. The van der Waals surface area contributed by atoms with Crippen molar-refractivity contribution in [3.63, 3.8) is 0 Å². The molecule has 1 aliphatic rings. The van der Waals surface area contributed by atoms with Gasteiger partial charge in [0.2, 0.25) is 0 Å². The highest BCUT2D eigenvalue weighted by Gasteiger charge is 2.28. The topological polar surface area (TPSA) is 36.9 Å². The lowest BCUT2D eigenvalue weighted by molar-refractivity contribution is -0.170. The smallest absolute Gasteiger partial charge is 0.157 e. The molecular formula is C18H32O4. The molecule has 0 aromatic carbocycles. The van der Waals surface area contributed by atoms with Crippen LogP contribution in [-0.4, -0.2) is 45.9 Å². The SMILES string of the molecule is CC#C[C@H](C)[C@@H](OC)[C@H](C[C@H](C)COC1CCCCO1)OC. The number of ether oxygens (including phenoxy) is 4. The molecule has 0 spiro atoms. The molecular weight excluding hydrogens is 280 g/mol. The van der Waals surface area contributed by atoms with E-state index < -0.39 is 0 Å². The van der Waals surface area contributed by atoms with E-state index in [0.717, 1.165) is 25.9 Å². The molecule has 0 aromatic rings. The van der Waals surface area contributed by atoms with Crippen molar-refractivity contribution in [1.29, 1.82) is 0 Å². The van der Waals surface area contributed by atoms with Crippen LogP contribution in [0.25, 0.3) is 0 Å². The first-order valence-electron chi connectivity index (χ1n) is 8.33. The Kier molecular flexibility index (Phi) is 9.74. The summed E-state index contributed by atoms with van der Waals surface area (Å²) in [5.74, 6) is 6.65. The Morgan fingerprint density at radius 1 is 1.18 bits per heavy atom. The molecule has 22 heavy (non-hydrogen) atoms. The lowest BCUT2D eigenvalue weighted by Crippen LogP contribution is -2.37. The second-order valence-electron chi connectivity index (χ2n) is 6.13. The van der Waals surface area contributed by atoms with E-state index in [-0.39, 0.29) is 24.4 Å². The highest BCUT2D eigenvalue weighted by atomic mass is 16.7. The minimum absolute atomic E-state index is 0.0201. The summed E-state index contributed by atoms with van der Waals surface area (Å²) in [5.41, 5.74) is 0. The predicted octanol–water partition coefficient (Wildman–Crippen LogP) is 3.25. The van der Waals surface area contributed by atoms with Crippen LogP contribution in [0.4, 0.5) is 0 Å². The fourth-order valence-corrected chi connectivity index (χ4v) is 2.93. The number of hydrogen-bond donors (Lipinski definition) is 0. The van der Waals surface area contributed by atoms with E-state index >= 15 is 0 Å². The fraction of sp³-hybridized carbons (Fsp3) is 0.889. The van der Waals surface area contributed by atoms with Gasteiger partial charge in [0.05, 0.1) is 18.8 Å². The maximum Gasteiger partial charge on any atom is 0.157 e. The van der Waals surface area contributed by atoms with Crippen LogP contribution in [0.3, 0.4) is 0 Å². The Morgan fingerprint density at radius 2 is 1.95 bits per heavy atom. The van der Waals surface area contributed by atoms with Crippen LogP contribution in [0.2, 0.25) is 0 Å². The molecule has 0 N–H and O–H groups in total. The summed E-state index contributed by atoms with van der Waals surface area (Å²) in [6, 6.07) is 0. The first kappa shape index (κ1) is 19.4. The van der Waals surface area contributed by atoms with Gasteiger partial charge in [0.1, 0.15) is 0 Å². The molecule has 1 unspecified atom stereocenters. The molecule has 1 fully saturated rings. The van der Waals surface area contributed by atoms with Gasteiger partial charge in [-0.15, -0.1) is 5.92 Å². The second kappa shape index (κ2) is 11.0. The second-order valence-corrected chi connectivity index (χ2v) is 6.13. The summed E-state index contributed by atoms with van der Waals surface area (Å²) in [6.45, 7) is 7.62. The standard InChI is InChI=1S/C18H32O4/c1-6-9-15(3)18(20-5)16(19-4)12-14(2)13-22-17-10-7-8-11-21-17/h14-18H,7-8,10-13H2,1-5H3/t14-,15-,16-,17?,18+/m0/s1. The van der Waals surface area contributed by atoms with Crippen LogP contribution < -0.4 is 0 Å². The fourth-order valence-electron chi connectivity index (χ4n) is 2.93. The highest BCUT2D eigenvalue weighted by molar-refractivity contribution is 5.03. The number of methoxy groups -OCH3 is 2. The molecule has 0 aromatic heterocycles. The summed E-state index contributed by atoms with van der Waals surface area (Å²) in [4.78, 5) is 0. The third kappa shape index (κ3) is 6.66. The van der Waals surface area contributed by atoms with E-state index in [1.54, 1.807) is 14.2 Å². The lowest BCUT2D eigenvalue weighted by Gasteiger charge is -2.30. The monoisotopic (exact) mass is 312 g/mol. The zero-order valence-electron chi connectivity index (χ0n) is 14.8. The van der Waals surface area contributed by atoms with Gasteiger partial charge < -0.3 is 18.9 Å². The minimum Gasteiger partial charge on any atom is -0.379 e. The molecule has 0 amide bonds. The third-order valence-corrected chi connectivity index (χ3v) is 4.15. The molecule has 1 rings (SSSR count). The van der Waals surface area contributed by atoms with Crippen LogP contribution in [0.15, 0.2) is 0 Å². The maximum atomic E-state index is 5.86. The van der Waals surface area contributed by atoms with Crippen molar-refractivity contribution in [3.05, 3.63) is 0 Å². The zero-order valence-corrected chi connectivity index (χ0v) is 14.8. The summed E-state index contributed by atoms with van der Waals surface area (Å²) < 4.78 is 22.7. The Morgan fingerprint density at radius 3 is 2.50 bits per heavy atom. The van der Waals surface area contributed by atoms with Crippen LogP contribution in [-0.2, 0) is 18.9 Å². The number of hydrogen-bond acceptors (Lipinski definition) is 4. The first-order chi connectivity index (χ1) is 10.6. The molecule has 0 aliphatic carbocycles. The molecule has 1 aliphatic heterocycles. The predicted molar refractivity (Wildman–Crippen MR) is 87.5 cm³/mol. The van der Waals surface area contributed by atoms with Crippen molar-refractivity contribution in [2.45, 2.75) is 65.0 Å². The van der Waals surface area contributed by atoms with Crippen molar-refractivity contribution in [2.75, 3.05) is 27.4 Å². The molecule has 1 heterocycles. The average molecular weight is 312 g/mol. The number of rotatable bonds is 9. The van der Waals surface area contributed by atoms with Gasteiger partial charge in [-0.1, -0.05) is 12.8 Å². The molecule has 0 saturated carbocycles. The summed E-state index contributed by atoms with van der Waals surface area (Å²) >= 11 is 0. The van der Waals surface area contributed by atoms with Crippen molar-refractivity contribution in [2.24, 2.45) is 11.8 Å². The molecule has 5 atom stereocenters. The van der Waals surface area contributed by atoms with Gasteiger partial charge in [-0.3, -0.25) is 0 Å². The molecule has 4 heteroatoms. The molecule has 0 bridgehead atoms. The van der Waals surface area contributed by atoms with Gasteiger partial charge in [-0.05, 0) is 45.4 Å². The van der Waals surface area contributed by atoms with Crippen LogP contribution in [0.5, 0.6) is 0 Å². The third-order valence-electron chi connectivity index (χ3n) is 4.15. The van der Waals surface area contributed by atoms with E-state index in [1.807, 2.05) is 6.92 Å². The van der Waals surface area contributed by atoms with E-state index in [1.165, 1.54) is 6.42 Å². The van der Waals surface area contributed by atoms with Crippen LogP contribution in [0.1, 0.15) is 46.5 Å².